The van der Waals surface area contributed by atoms with Crippen molar-refractivity contribution in [1.29, 1.82) is 0 Å². The molecule has 4 nitrogen and oxygen atoms in total. The molecule has 1 fully saturated rings. The number of nitrogens with zero attached hydrogens (tertiary/aromatic N) is 1. The van der Waals surface area contributed by atoms with Gasteiger partial charge in [-0.25, -0.2) is 17.2 Å². The quantitative estimate of drug-likeness (QED) is 0.925. The van der Waals surface area contributed by atoms with Crippen LogP contribution in [0.25, 0.3) is 0 Å². The molecule has 0 amide bonds. The number of benzene rings is 1. The Labute approximate surface area is 123 Å². The van der Waals surface area contributed by atoms with Crippen LogP contribution in [-0.2, 0) is 16.6 Å². The standard InChI is InChI=1S/C14H19F2NO3S/c1-9(2)10-5-6-17(7-10)21(19,20)13-4-3-12(15)11(8-18)14(13)16/h3-4,9-10,18H,5-8H2,1-2H3. The van der Waals surface area contributed by atoms with Gasteiger partial charge in [0.1, 0.15) is 10.7 Å². The Hall–Kier alpha value is -1.05. The van der Waals surface area contributed by atoms with Gasteiger partial charge in [0.15, 0.2) is 5.82 Å². The maximum atomic E-state index is 14.1. The smallest absolute Gasteiger partial charge is 0.246 e. The number of aliphatic hydroxyl groups excluding tert-OH is 1. The summed E-state index contributed by atoms with van der Waals surface area (Å²) in [6.45, 7) is 3.82. The highest BCUT2D eigenvalue weighted by Gasteiger charge is 2.35. The molecule has 0 spiro atoms. The molecular weight excluding hydrogens is 300 g/mol. The second-order valence-corrected chi connectivity index (χ2v) is 7.56. The molecule has 1 aliphatic rings. The van der Waals surface area contributed by atoms with Gasteiger partial charge in [0.2, 0.25) is 10.0 Å². The third-order valence-corrected chi connectivity index (χ3v) is 5.94. The Morgan fingerprint density at radius 1 is 1.38 bits per heavy atom. The van der Waals surface area contributed by atoms with Crippen molar-refractivity contribution in [2.24, 2.45) is 11.8 Å². The molecule has 1 aromatic rings. The normalized spacial score (nSPS) is 20.4. The zero-order valence-corrected chi connectivity index (χ0v) is 12.8. The predicted octanol–water partition coefficient (Wildman–Crippen LogP) is 2.12. The van der Waals surface area contributed by atoms with Gasteiger partial charge >= 0.3 is 0 Å². The number of hydrogen-bond donors (Lipinski definition) is 1. The monoisotopic (exact) mass is 319 g/mol. The third-order valence-electron chi connectivity index (χ3n) is 4.06. The van der Waals surface area contributed by atoms with Crippen LogP contribution in [0, 0.1) is 23.5 Å². The Morgan fingerprint density at radius 2 is 2.05 bits per heavy atom. The molecule has 2 rings (SSSR count). The van der Waals surface area contributed by atoms with E-state index in [1.165, 1.54) is 4.31 Å². The van der Waals surface area contributed by atoms with Gasteiger partial charge in [-0.3, -0.25) is 0 Å². The van der Waals surface area contributed by atoms with Crippen molar-refractivity contribution in [1.82, 2.24) is 4.31 Å². The first-order valence-electron chi connectivity index (χ1n) is 6.87. The van der Waals surface area contributed by atoms with Gasteiger partial charge in [-0.1, -0.05) is 13.8 Å². The maximum Gasteiger partial charge on any atom is 0.246 e. The van der Waals surface area contributed by atoms with E-state index < -0.39 is 38.7 Å². The van der Waals surface area contributed by atoms with Gasteiger partial charge in [-0.2, -0.15) is 4.31 Å². The second kappa shape index (κ2) is 5.98. The first-order chi connectivity index (χ1) is 9.78. The van der Waals surface area contributed by atoms with Gasteiger partial charge in [0.05, 0.1) is 12.2 Å². The van der Waals surface area contributed by atoms with Crippen LogP contribution in [0.15, 0.2) is 17.0 Å². The molecule has 1 N–H and O–H groups in total. The van der Waals surface area contributed by atoms with E-state index in [2.05, 4.69) is 0 Å². The van der Waals surface area contributed by atoms with E-state index in [1.807, 2.05) is 13.8 Å². The molecule has 0 radical (unpaired) electrons. The second-order valence-electron chi connectivity index (χ2n) is 5.65. The molecule has 1 aromatic carbocycles. The summed E-state index contributed by atoms with van der Waals surface area (Å²) in [5, 5.41) is 8.98. The van der Waals surface area contributed by atoms with Crippen molar-refractivity contribution in [2.45, 2.75) is 31.8 Å². The van der Waals surface area contributed by atoms with Crippen LogP contribution in [0.5, 0.6) is 0 Å². The van der Waals surface area contributed by atoms with Crippen LogP contribution in [0.3, 0.4) is 0 Å². The molecule has 1 unspecified atom stereocenters. The van der Waals surface area contributed by atoms with Crippen molar-refractivity contribution in [3.8, 4) is 0 Å². The van der Waals surface area contributed by atoms with Crippen LogP contribution >= 0.6 is 0 Å². The summed E-state index contributed by atoms with van der Waals surface area (Å²) in [4.78, 5) is -0.572. The fourth-order valence-corrected chi connectivity index (χ4v) is 4.18. The lowest BCUT2D eigenvalue weighted by Crippen LogP contribution is -2.30. The summed E-state index contributed by atoms with van der Waals surface area (Å²) in [6, 6.07) is 1.79. The Bertz CT molecular complexity index is 631. The molecule has 0 bridgehead atoms. The highest BCUT2D eigenvalue weighted by Crippen LogP contribution is 2.30. The largest absolute Gasteiger partial charge is 0.391 e. The maximum absolute atomic E-state index is 14.1. The lowest BCUT2D eigenvalue weighted by atomic mass is 9.96. The highest BCUT2D eigenvalue weighted by atomic mass is 32.2. The molecule has 1 saturated heterocycles. The SMILES string of the molecule is CC(C)C1CCN(S(=O)(=O)c2ccc(F)c(CO)c2F)C1. The van der Waals surface area contributed by atoms with E-state index in [0.717, 1.165) is 18.6 Å². The minimum Gasteiger partial charge on any atom is -0.391 e. The predicted molar refractivity (Wildman–Crippen MR) is 74.0 cm³/mol. The average molecular weight is 319 g/mol. The molecule has 118 valence electrons. The first kappa shape index (κ1) is 16.3. The van der Waals surface area contributed by atoms with Gasteiger partial charge < -0.3 is 5.11 Å². The molecule has 1 heterocycles. The van der Waals surface area contributed by atoms with Gasteiger partial charge in [-0.15, -0.1) is 0 Å². The molecular formula is C14H19F2NO3S. The number of aliphatic hydroxyl groups is 1. The van der Waals surface area contributed by atoms with E-state index >= 15 is 0 Å². The minimum absolute atomic E-state index is 0.237. The van der Waals surface area contributed by atoms with Crippen LogP contribution in [0.1, 0.15) is 25.8 Å². The summed E-state index contributed by atoms with van der Waals surface area (Å²) < 4.78 is 53.7. The number of rotatable bonds is 4. The van der Waals surface area contributed by atoms with E-state index in [1.54, 1.807) is 0 Å². The van der Waals surface area contributed by atoms with Crippen molar-refractivity contribution in [2.75, 3.05) is 13.1 Å². The molecule has 0 saturated carbocycles. The first-order valence-corrected chi connectivity index (χ1v) is 8.31. The summed E-state index contributed by atoms with van der Waals surface area (Å²) in [5.41, 5.74) is -0.615. The zero-order valence-electron chi connectivity index (χ0n) is 12.0. The molecule has 21 heavy (non-hydrogen) atoms. The number of hydrogen-bond acceptors (Lipinski definition) is 3. The Morgan fingerprint density at radius 3 is 2.57 bits per heavy atom. The number of halogens is 2. The van der Waals surface area contributed by atoms with E-state index in [-0.39, 0.29) is 5.92 Å². The summed E-state index contributed by atoms with van der Waals surface area (Å²) in [6.07, 6.45) is 0.729. The highest BCUT2D eigenvalue weighted by molar-refractivity contribution is 7.89. The fraction of sp³-hybridized carbons (Fsp3) is 0.571. The molecule has 0 aromatic heterocycles. The van der Waals surface area contributed by atoms with Gasteiger partial charge in [-0.05, 0) is 30.4 Å². The lowest BCUT2D eigenvalue weighted by Gasteiger charge is -2.19. The fourth-order valence-electron chi connectivity index (χ4n) is 2.58. The van der Waals surface area contributed by atoms with Gasteiger partial charge in [0.25, 0.3) is 0 Å². The summed E-state index contributed by atoms with van der Waals surface area (Å²) >= 11 is 0. The summed E-state index contributed by atoms with van der Waals surface area (Å²) in [7, 11) is -4.00. The average Bonchev–Trinajstić information content (AvgIpc) is 2.89. The molecule has 1 atom stereocenters. The van der Waals surface area contributed by atoms with Crippen LogP contribution in [-0.4, -0.2) is 30.9 Å². The van der Waals surface area contributed by atoms with Crippen LogP contribution in [0.4, 0.5) is 8.78 Å². The molecule has 7 heteroatoms. The van der Waals surface area contributed by atoms with E-state index in [4.69, 9.17) is 5.11 Å². The van der Waals surface area contributed by atoms with Crippen molar-refractivity contribution < 1.29 is 22.3 Å². The topological polar surface area (TPSA) is 57.6 Å². The van der Waals surface area contributed by atoms with Crippen molar-refractivity contribution in [3.63, 3.8) is 0 Å². The number of sulfonamides is 1. The van der Waals surface area contributed by atoms with E-state index in [9.17, 15) is 17.2 Å². The Kier molecular flexibility index (Phi) is 4.65. The summed E-state index contributed by atoms with van der Waals surface area (Å²) in [5.74, 6) is -1.57. The van der Waals surface area contributed by atoms with Crippen molar-refractivity contribution in [3.05, 3.63) is 29.3 Å². The van der Waals surface area contributed by atoms with Crippen LogP contribution < -0.4 is 0 Å². The van der Waals surface area contributed by atoms with Crippen LogP contribution in [0.2, 0.25) is 0 Å². The third kappa shape index (κ3) is 2.95. The van der Waals surface area contributed by atoms with Gasteiger partial charge in [0, 0.05) is 13.1 Å². The molecule has 0 aliphatic carbocycles. The van der Waals surface area contributed by atoms with E-state index in [0.29, 0.717) is 19.0 Å². The zero-order chi connectivity index (χ0) is 15.8. The molecule has 1 aliphatic heterocycles. The lowest BCUT2D eigenvalue weighted by molar-refractivity contribution is 0.267. The minimum atomic E-state index is -4.00. The Balaban J connectivity index is 2.38. The van der Waals surface area contributed by atoms with Crippen molar-refractivity contribution >= 4 is 10.0 Å².